The number of nitrogens with two attached hydrogens (primary N) is 1. The summed E-state index contributed by atoms with van der Waals surface area (Å²) >= 11 is 0. The lowest BCUT2D eigenvalue weighted by Crippen LogP contribution is -2.48. The van der Waals surface area contributed by atoms with Gasteiger partial charge in [0.1, 0.15) is 5.82 Å². The number of aliphatic hydroxyl groups is 1. The normalized spacial score (nSPS) is 25.6. The number of aliphatic hydroxyl groups excluding tert-OH is 1. The van der Waals surface area contributed by atoms with Crippen molar-refractivity contribution in [1.82, 2.24) is 4.90 Å². The first kappa shape index (κ1) is 15.4. The molecule has 4 nitrogen and oxygen atoms in total. The van der Waals surface area contributed by atoms with Crippen molar-refractivity contribution in [3.8, 4) is 0 Å². The molecule has 1 aromatic rings. The average Bonchev–Trinajstić information content (AvgIpc) is 2.44. The fourth-order valence-electron chi connectivity index (χ4n) is 2.68. The Hall–Kier alpha value is -1.01. The van der Waals surface area contributed by atoms with Crippen molar-refractivity contribution in [2.24, 2.45) is 5.73 Å². The van der Waals surface area contributed by atoms with Crippen molar-refractivity contribution < 1.29 is 14.2 Å². The SMILES string of the molecule is CC1CN(CCC(N)c2ccccc2F)CC(CO)O1. The van der Waals surface area contributed by atoms with Gasteiger partial charge in [-0.25, -0.2) is 4.39 Å². The fourth-order valence-corrected chi connectivity index (χ4v) is 2.68. The smallest absolute Gasteiger partial charge is 0.127 e. The number of hydrogen-bond donors (Lipinski definition) is 2. The van der Waals surface area contributed by atoms with Crippen LogP contribution < -0.4 is 5.73 Å². The fraction of sp³-hybridized carbons (Fsp3) is 0.600. The number of ether oxygens (including phenoxy) is 1. The van der Waals surface area contributed by atoms with Crippen LogP contribution in [0.25, 0.3) is 0 Å². The minimum absolute atomic E-state index is 0.0280. The van der Waals surface area contributed by atoms with Gasteiger partial charge in [-0.1, -0.05) is 18.2 Å². The lowest BCUT2D eigenvalue weighted by atomic mass is 10.0. The summed E-state index contributed by atoms with van der Waals surface area (Å²) in [6.45, 7) is 4.32. The summed E-state index contributed by atoms with van der Waals surface area (Å²) in [7, 11) is 0. The van der Waals surface area contributed by atoms with E-state index < -0.39 is 0 Å². The number of halogens is 1. The molecule has 1 saturated heterocycles. The lowest BCUT2D eigenvalue weighted by molar-refractivity contribution is -0.0954. The Labute approximate surface area is 119 Å². The van der Waals surface area contributed by atoms with Gasteiger partial charge in [-0.2, -0.15) is 0 Å². The zero-order chi connectivity index (χ0) is 14.5. The van der Waals surface area contributed by atoms with Gasteiger partial charge in [0.25, 0.3) is 0 Å². The zero-order valence-corrected chi connectivity index (χ0v) is 11.8. The summed E-state index contributed by atoms with van der Waals surface area (Å²) in [5, 5.41) is 9.19. The van der Waals surface area contributed by atoms with Gasteiger partial charge in [-0.15, -0.1) is 0 Å². The van der Waals surface area contributed by atoms with Crippen LogP contribution in [0.15, 0.2) is 24.3 Å². The minimum Gasteiger partial charge on any atom is -0.394 e. The second-order valence-corrected chi connectivity index (χ2v) is 5.43. The molecule has 0 radical (unpaired) electrons. The molecule has 0 aromatic heterocycles. The molecule has 1 aromatic carbocycles. The van der Waals surface area contributed by atoms with Crippen molar-refractivity contribution in [2.75, 3.05) is 26.2 Å². The van der Waals surface area contributed by atoms with Crippen LogP contribution >= 0.6 is 0 Å². The third kappa shape index (κ3) is 3.99. The van der Waals surface area contributed by atoms with Crippen LogP contribution in [0.4, 0.5) is 4.39 Å². The van der Waals surface area contributed by atoms with Crippen molar-refractivity contribution >= 4 is 0 Å². The van der Waals surface area contributed by atoms with Gasteiger partial charge in [0.05, 0.1) is 18.8 Å². The molecule has 3 unspecified atom stereocenters. The molecule has 5 heteroatoms. The molecule has 0 saturated carbocycles. The molecule has 1 aliphatic rings. The first-order valence-electron chi connectivity index (χ1n) is 7.08. The molecule has 2 rings (SSSR count). The predicted octanol–water partition coefficient (Wildman–Crippen LogP) is 1.30. The quantitative estimate of drug-likeness (QED) is 0.854. The number of morpholine rings is 1. The third-order valence-electron chi connectivity index (χ3n) is 3.67. The highest BCUT2D eigenvalue weighted by Gasteiger charge is 2.25. The molecule has 112 valence electrons. The highest BCUT2D eigenvalue weighted by atomic mass is 19.1. The van der Waals surface area contributed by atoms with Gasteiger partial charge in [0.2, 0.25) is 0 Å². The lowest BCUT2D eigenvalue weighted by Gasteiger charge is -2.36. The first-order valence-corrected chi connectivity index (χ1v) is 7.08. The Balaban J connectivity index is 1.87. The maximum Gasteiger partial charge on any atom is 0.127 e. The topological polar surface area (TPSA) is 58.7 Å². The van der Waals surface area contributed by atoms with Gasteiger partial charge in [0.15, 0.2) is 0 Å². The molecule has 1 aliphatic heterocycles. The van der Waals surface area contributed by atoms with E-state index in [9.17, 15) is 9.50 Å². The molecular formula is C15H23FN2O2. The Bertz CT molecular complexity index is 430. The van der Waals surface area contributed by atoms with Crippen LogP contribution in [0.5, 0.6) is 0 Å². The van der Waals surface area contributed by atoms with E-state index in [0.717, 1.165) is 13.1 Å². The summed E-state index contributed by atoms with van der Waals surface area (Å²) in [6.07, 6.45) is 0.653. The van der Waals surface area contributed by atoms with Gasteiger partial charge in [-0.05, 0) is 19.4 Å². The van der Waals surface area contributed by atoms with Crippen LogP contribution in [-0.4, -0.2) is 48.5 Å². The summed E-state index contributed by atoms with van der Waals surface area (Å²) in [5.41, 5.74) is 6.63. The third-order valence-corrected chi connectivity index (χ3v) is 3.67. The van der Waals surface area contributed by atoms with Crippen LogP contribution in [0.3, 0.4) is 0 Å². The molecule has 3 N–H and O–H groups in total. The number of hydrogen-bond acceptors (Lipinski definition) is 4. The molecule has 20 heavy (non-hydrogen) atoms. The largest absolute Gasteiger partial charge is 0.394 e. The van der Waals surface area contributed by atoms with Gasteiger partial charge in [0, 0.05) is 31.2 Å². The molecule has 0 bridgehead atoms. The minimum atomic E-state index is -0.304. The van der Waals surface area contributed by atoms with Crippen LogP contribution in [-0.2, 0) is 4.74 Å². The Morgan fingerprint density at radius 3 is 2.90 bits per heavy atom. The maximum atomic E-state index is 13.6. The molecular weight excluding hydrogens is 259 g/mol. The highest BCUT2D eigenvalue weighted by molar-refractivity contribution is 5.20. The Morgan fingerprint density at radius 2 is 2.20 bits per heavy atom. The Kier molecular flexibility index (Phi) is 5.48. The van der Waals surface area contributed by atoms with E-state index in [4.69, 9.17) is 10.5 Å². The second-order valence-electron chi connectivity index (χ2n) is 5.43. The van der Waals surface area contributed by atoms with Crippen LogP contribution in [0.1, 0.15) is 24.9 Å². The number of rotatable bonds is 5. The van der Waals surface area contributed by atoms with E-state index in [1.54, 1.807) is 18.2 Å². The molecule has 0 spiro atoms. The standard InChI is InChI=1S/C15H23FN2O2/c1-11-8-18(9-12(10-19)20-11)7-6-15(17)13-4-2-3-5-14(13)16/h2-5,11-12,15,19H,6-10,17H2,1H3. The van der Waals surface area contributed by atoms with E-state index >= 15 is 0 Å². The summed E-state index contributed by atoms with van der Waals surface area (Å²) in [5.74, 6) is -0.247. The van der Waals surface area contributed by atoms with Gasteiger partial charge in [-0.3, -0.25) is 4.90 Å². The molecule has 0 amide bonds. The molecule has 1 fully saturated rings. The zero-order valence-electron chi connectivity index (χ0n) is 11.8. The molecule has 3 atom stereocenters. The van der Waals surface area contributed by atoms with Crippen molar-refractivity contribution in [1.29, 1.82) is 0 Å². The highest BCUT2D eigenvalue weighted by Crippen LogP contribution is 2.19. The van der Waals surface area contributed by atoms with Crippen LogP contribution in [0.2, 0.25) is 0 Å². The maximum absolute atomic E-state index is 13.6. The molecule has 1 heterocycles. The average molecular weight is 282 g/mol. The number of benzene rings is 1. The van der Waals surface area contributed by atoms with E-state index in [-0.39, 0.29) is 30.7 Å². The summed E-state index contributed by atoms with van der Waals surface area (Å²) < 4.78 is 19.2. The van der Waals surface area contributed by atoms with Crippen molar-refractivity contribution in [2.45, 2.75) is 31.6 Å². The van der Waals surface area contributed by atoms with Crippen molar-refractivity contribution in [3.05, 3.63) is 35.6 Å². The summed E-state index contributed by atoms with van der Waals surface area (Å²) in [6, 6.07) is 6.34. The van der Waals surface area contributed by atoms with E-state index in [2.05, 4.69) is 4.90 Å². The predicted molar refractivity (Wildman–Crippen MR) is 75.8 cm³/mol. The second kappa shape index (κ2) is 7.13. The van der Waals surface area contributed by atoms with Crippen molar-refractivity contribution in [3.63, 3.8) is 0 Å². The first-order chi connectivity index (χ1) is 9.60. The van der Waals surface area contributed by atoms with Gasteiger partial charge >= 0.3 is 0 Å². The monoisotopic (exact) mass is 282 g/mol. The van der Waals surface area contributed by atoms with E-state index in [1.807, 2.05) is 6.92 Å². The van der Waals surface area contributed by atoms with Crippen LogP contribution in [0, 0.1) is 5.82 Å². The molecule has 0 aliphatic carbocycles. The van der Waals surface area contributed by atoms with E-state index in [0.29, 0.717) is 18.5 Å². The Morgan fingerprint density at radius 1 is 1.45 bits per heavy atom. The summed E-state index contributed by atoms with van der Waals surface area (Å²) in [4.78, 5) is 2.22. The van der Waals surface area contributed by atoms with Gasteiger partial charge < -0.3 is 15.6 Å². The van der Waals surface area contributed by atoms with E-state index in [1.165, 1.54) is 6.07 Å². The number of nitrogens with zero attached hydrogens (tertiary/aromatic N) is 1.